The van der Waals surface area contributed by atoms with Gasteiger partial charge in [0.15, 0.2) is 0 Å². The smallest absolute Gasteiger partial charge is 0.0994 e. The second kappa shape index (κ2) is 3.45. The van der Waals surface area contributed by atoms with Gasteiger partial charge in [0.05, 0.1) is 11.6 Å². The molecule has 1 aliphatic rings. The molecule has 0 saturated heterocycles. The Hall–Kier alpha value is -1.55. The van der Waals surface area contributed by atoms with E-state index in [0.29, 0.717) is 5.92 Å². The fourth-order valence-corrected chi connectivity index (χ4v) is 1.31. The van der Waals surface area contributed by atoms with Crippen molar-refractivity contribution in [2.75, 3.05) is 0 Å². The minimum Gasteiger partial charge on any atom is -0.192 e. The van der Waals surface area contributed by atoms with E-state index < -0.39 is 0 Å². The lowest BCUT2D eigenvalue weighted by Gasteiger charge is -1.96. The third-order valence-corrected chi connectivity index (χ3v) is 2.23. The summed E-state index contributed by atoms with van der Waals surface area (Å²) < 4.78 is 0. The van der Waals surface area contributed by atoms with Crippen molar-refractivity contribution in [1.29, 1.82) is 5.26 Å². The summed E-state index contributed by atoms with van der Waals surface area (Å²) in [6, 6.07) is 12.1. The first kappa shape index (κ1) is 8.07. The fourth-order valence-electron chi connectivity index (χ4n) is 1.31. The van der Waals surface area contributed by atoms with Crippen LogP contribution in [-0.4, -0.2) is 0 Å². The van der Waals surface area contributed by atoms with Gasteiger partial charge in [-0.3, -0.25) is 0 Å². The van der Waals surface area contributed by atoms with E-state index in [1.807, 2.05) is 30.3 Å². The van der Waals surface area contributed by atoms with Gasteiger partial charge in [-0.15, -0.1) is 0 Å². The molecule has 0 amide bonds. The van der Waals surface area contributed by atoms with E-state index in [-0.39, 0.29) is 0 Å². The highest BCUT2D eigenvalue weighted by atomic mass is 14.3. The van der Waals surface area contributed by atoms with Crippen molar-refractivity contribution in [1.82, 2.24) is 0 Å². The molecule has 64 valence electrons. The predicted octanol–water partition coefficient (Wildman–Crippen LogP) is 3.00. The van der Waals surface area contributed by atoms with Crippen LogP contribution >= 0.6 is 0 Å². The second-order valence-corrected chi connectivity index (χ2v) is 3.40. The Bertz CT molecular complexity index is 352. The van der Waals surface area contributed by atoms with Gasteiger partial charge in [0.25, 0.3) is 0 Å². The van der Waals surface area contributed by atoms with Gasteiger partial charge in [-0.05, 0) is 24.3 Å². The number of allylic oxidation sites excluding steroid dienone is 2. The van der Waals surface area contributed by atoms with Gasteiger partial charge in [0.2, 0.25) is 0 Å². The molecule has 0 atom stereocenters. The molecule has 1 saturated carbocycles. The van der Waals surface area contributed by atoms with Crippen molar-refractivity contribution in [2.45, 2.75) is 12.8 Å². The fraction of sp³-hybridized carbons (Fsp3) is 0.250. The predicted molar refractivity (Wildman–Crippen MR) is 52.8 cm³/mol. The molecular weight excluding hydrogens is 158 g/mol. The maximum absolute atomic E-state index is 8.94. The lowest BCUT2D eigenvalue weighted by atomic mass is 10.1. The zero-order valence-corrected chi connectivity index (χ0v) is 7.40. The SMILES string of the molecule is N#C/C(=C/C1CC1)c1ccccc1. The van der Waals surface area contributed by atoms with Crippen LogP contribution in [0.5, 0.6) is 0 Å². The Morgan fingerprint density at radius 1 is 1.31 bits per heavy atom. The average molecular weight is 169 g/mol. The van der Waals surface area contributed by atoms with Crippen LogP contribution in [0.3, 0.4) is 0 Å². The number of nitrogens with zero attached hydrogens (tertiary/aromatic N) is 1. The van der Waals surface area contributed by atoms with Gasteiger partial charge in [0.1, 0.15) is 0 Å². The van der Waals surface area contributed by atoms with Gasteiger partial charge in [-0.1, -0.05) is 36.4 Å². The highest BCUT2D eigenvalue weighted by Crippen LogP contribution is 2.33. The average Bonchev–Trinajstić information content (AvgIpc) is 2.99. The van der Waals surface area contributed by atoms with Crippen LogP contribution in [0.4, 0.5) is 0 Å². The highest BCUT2D eigenvalue weighted by Gasteiger charge is 2.19. The van der Waals surface area contributed by atoms with Crippen molar-refractivity contribution in [2.24, 2.45) is 5.92 Å². The quantitative estimate of drug-likeness (QED) is 0.624. The summed E-state index contributed by atoms with van der Waals surface area (Å²) >= 11 is 0. The van der Waals surface area contributed by atoms with Crippen molar-refractivity contribution in [3.05, 3.63) is 42.0 Å². The molecule has 2 rings (SSSR count). The minimum atomic E-state index is 0.662. The Morgan fingerprint density at radius 3 is 2.54 bits per heavy atom. The van der Waals surface area contributed by atoms with Gasteiger partial charge < -0.3 is 0 Å². The first-order valence-electron chi connectivity index (χ1n) is 4.57. The molecule has 0 aliphatic heterocycles. The summed E-state index contributed by atoms with van der Waals surface area (Å²) in [5.41, 5.74) is 1.86. The molecular formula is C12H11N. The van der Waals surface area contributed by atoms with E-state index >= 15 is 0 Å². The van der Waals surface area contributed by atoms with E-state index in [1.54, 1.807) is 0 Å². The zero-order chi connectivity index (χ0) is 9.10. The maximum atomic E-state index is 8.94. The molecule has 0 radical (unpaired) electrons. The van der Waals surface area contributed by atoms with Crippen LogP contribution in [0.1, 0.15) is 18.4 Å². The van der Waals surface area contributed by atoms with Crippen LogP contribution in [-0.2, 0) is 0 Å². The van der Waals surface area contributed by atoms with Crippen LogP contribution < -0.4 is 0 Å². The first-order chi connectivity index (χ1) is 6.40. The lowest BCUT2D eigenvalue weighted by Crippen LogP contribution is -1.80. The molecule has 0 spiro atoms. The molecule has 0 heterocycles. The van der Waals surface area contributed by atoms with Crippen LogP contribution in [0.25, 0.3) is 5.57 Å². The Balaban J connectivity index is 2.27. The third kappa shape index (κ3) is 1.97. The van der Waals surface area contributed by atoms with Crippen molar-refractivity contribution in [3.63, 3.8) is 0 Å². The molecule has 0 aromatic heterocycles. The Morgan fingerprint density at radius 2 is 2.00 bits per heavy atom. The van der Waals surface area contributed by atoms with Gasteiger partial charge in [0, 0.05) is 0 Å². The summed E-state index contributed by atoms with van der Waals surface area (Å²) in [6.07, 6.45) is 4.59. The molecule has 1 aromatic rings. The summed E-state index contributed by atoms with van der Waals surface area (Å²) in [5.74, 6) is 0.662. The van der Waals surface area contributed by atoms with E-state index in [0.717, 1.165) is 11.1 Å². The number of nitriles is 1. The van der Waals surface area contributed by atoms with Crippen LogP contribution in [0.2, 0.25) is 0 Å². The van der Waals surface area contributed by atoms with E-state index in [9.17, 15) is 0 Å². The maximum Gasteiger partial charge on any atom is 0.0994 e. The molecule has 13 heavy (non-hydrogen) atoms. The topological polar surface area (TPSA) is 23.8 Å². The van der Waals surface area contributed by atoms with Crippen LogP contribution in [0, 0.1) is 17.2 Å². The van der Waals surface area contributed by atoms with Crippen molar-refractivity contribution >= 4 is 5.57 Å². The third-order valence-electron chi connectivity index (χ3n) is 2.23. The van der Waals surface area contributed by atoms with E-state index in [2.05, 4.69) is 12.1 Å². The summed E-state index contributed by atoms with van der Waals surface area (Å²) in [4.78, 5) is 0. The molecule has 1 aliphatic carbocycles. The largest absolute Gasteiger partial charge is 0.192 e. The second-order valence-electron chi connectivity index (χ2n) is 3.40. The van der Waals surface area contributed by atoms with Crippen molar-refractivity contribution < 1.29 is 0 Å². The molecule has 1 fully saturated rings. The van der Waals surface area contributed by atoms with E-state index in [4.69, 9.17) is 5.26 Å². The van der Waals surface area contributed by atoms with Gasteiger partial charge in [-0.25, -0.2) is 0 Å². The minimum absolute atomic E-state index is 0.662. The number of rotatable bonds is 2. The molecule has 0 bridgehead atoms. The molecule has 0 unspecified atom stereocenters. The standard InChI is InChI=1S/C12H11N/c13-9-12(8-10-6-7-10)11-4-2-1-3-5-11/h1-5,8,10H,6-7H2/b12-8-. The summed E-state index contributed by atoms with van der Waals surface area (Å²) in [5, 5.41) is 8.94. The molecule has 1 nitrogen and oxygen atoms in total. The molecule has 0 N–H and O–H groups in total. The highest BCUT2D eigenvalue weighted by molar-refractivity contribution is 5.76. The zero-order valence-electron chi connectivity index (χ0n) is 7.40. The van der Waals surface area contributed by atoms with Gasteiger partial charge >= 0.3 is 0 Å². The first-order valence-corrected chi connectivity index (χ1v) is 4.57. The lowest BCUT2D eigenvalue weighted by molar-refractivity contribution is 1.13. The number of benzene rings is 1. The molecule has 1 aromatic carbocycles. The van der Waals surface area contributed by atoms with Crippen molar-refractivity contribution in [3.8, 4) is 6.07 Å². The Kier molecular flexibility index (Phi) is 2.14. The van der Waals surface area contributed by atoms with Gasteiger partial charge in [-0.2, -0.15) is 5.26 Å². The normalized spacial score (nSPS) is 16.7. The number of hydrogen-bond donors (Lipinski definition) is 0. The van der Waals surface area contributed by atoms with Crippen LogP contribution in [0.15, 0.2) is 36.4 Å². The monoisotopic (exact) mass is 169 g/mol. The summed E-state index contributed by atoms with van der Waals surface area (Å²) in [7, 11) is 0. The molecule has 1 heteroatoms. The summed E-state index contributed by atoms with van der Waals surface area (Å²) in [6.45, 7) is 0. The Labute approximate surface area is 78.3 Å². The van der Waals surface area contributed by atoms with E-state index in [1.165, 1.54) is 12.8 Å². The number of hydrogen-bond acceptors (Lipinski definition) is 1.